The Kier molecular flexibility index (Phi) is 4.32. The van der Waals surface area contributed by atoms with E-state index in [0.717, 1.165) is 15.6 Å². The summed E-state index contributed by atoms with van der Waals surface area (Å²) < 4.78 is 28.0. The van der Waals surface area contributed by atoms with Crippen LogP contribution in [0.15, 0.2) is 40.9 Å². The molecular weight excluding hydrogens is 312 g/mol. The number of nitrogens with two attached hydrogens (primary N) is 1. The Morgan fingerprint density at radius 2 is 1.79 bits per heavy atom. The van der Waals surface area contributed by atoms with Crippen LogP contribution >= 0.6 is 15.9 Å². The maximum absolute atomic E-state index is 13.6. The monoisotopic (exact) mass is 325 g/mol. The smallest absolute Gasteiger partial charge is 0.129 e. The first-order chi connectivity index (χ1) is 8.99. The summed E-state index contributed by atoms with van der Waals surface area (Å²) >= 11 is 3.43. The maximum Gasteiger partial charge on any atom is 0.129 e. The fraction of sp³-hybridized carbons (Fsp3) is 0.200. The van der Waals surface area contributed by atoms with Crippen molar-refractivity contribution in [3.05, 3.63) is 69.2 Å². The zero-order valence-electron chi connectivity index (χ0n) is 10.5. The third-order valence-electron chi connectivity index (χ3n) is 3.04. The maximum atomic E-state index is 13.6. The molecule has 0 amide bonds. The molecule has 0 bridgehead atoms. The molecule has 0 fully saturated rings. The molecule has 0 aliphatic rings. The zero-order valence-corrected chi connectivity index (χ0v) is 12.0. The lowest BCUT2D eigenvalue weighted by molar-refractivity contribution is 0.539. The Balaban J connectivity index is 2.28. The van der Waals surface area contributed by atoms with Gasteiger partial charge in [0, 0.05) is 16.1 Å². The van der Waals surface area contributed by atoms with E-state index < -0.39 is 17.7 Å². The Hall–Kier alpha value is -1.26. The Morgan fingerprint density at radius 1 is 1.16 bits per heavy atom. The molecule has 1 atom stereocenters. The Labute approximate surface area is 119 Å². The van der Waals surface area contributed by atoms with Crippen molar-refractivity contribution in [3.63, 3.8) is 0 Å². The van der Waals surface area contributed by atoms with Gasteiger partial charge in [0.25, 0.3) is 0 Å². The van der Waals surface area contributed by atoms with Crippen molar-refractivity contribution in [2.24, 2.45) is 5.73 Å². The highest BCUT2D eigenvalue weighted by molar-refractivity contribution is 9.10. The van der Waals surface area contributed by atoms with Crippen molar-refractivity contribution in [1.82, 2.24) is 0 Å². The van der Waals surface area contributed by atoms with Gasteiger partial charge >= 0.3 is 0 Å². The molecule has 1 nitrogen and oxygen atoms in total. The highest BCUT2D eigenvalue weighted by Crippen LogP contribution is 2.27. The molecule has 2 aromatic rings. The second kappa shape index (κ2) is 5.80. The van der Waals surface area contributed by atoms with Crippen LogP contribution in [0.25, 0.3) is 0 Å². The highest BCUT2D eigenvalue weighted by atomic mass is 79.9. The summed E-state index contributed by atoms with van der Waals surface area (Å²) in [7, 11) is 0. The first-order valence-corrected chi connectivity index (χ1v) is 6.73. The highest BCUT2D eigenvalue weighted by Gasteiger charge is 2.16. The second-order valence-electron chi connectivity index (χ2n) is 4.54. The van der Waals surface area contributed by atoms with E-state index in [1.165, 1.54) is 18.2 Å². The van der Waals surface area contributed by atoms with Crippen LogP contribution in [0.1, 0.15) is 22.7 Å². The predicted octanol–water partition coefficient (Wildman–Crippen LogP) is 4.28. The van der Waals surface area contributed by atoms with E-state index in [0.29, 0.717) is 0 Å². The van der Waals surface area contributed by atoms with Crippen LogP contribution in [0.2, 0.25) is 0 Å². The van der Waals surface area contributed by atoms with Gasteiger partial charge in [0.05, 0.1) is 0 Å². The van der Waals surface area contributed by atoms with Gasteiger partial charge in [-0.15, -0.1) is 0 Å². The standard InChI is InChI=1S/C15H14BrF2N/c1-9-5-6-10(12(16)7-9)15(19)8-11-13(17)3-2-4-14(11)18/h2-7,15H,8,19H2,1H3. The van der Waals surface area contributed by atoms with E-state index in [9.17, 15) is 8.78 Å². The average molecular weight is 326 g/mol. The largest absolute Gasteiger partial charge is 0.324 e. The Morgan fingerprint density at radius 3 is 2.37 bits per heavy atom. The molecule has 0 aliphatic carbocycles. The van der Waals surface area contributed by atoms with Crippen LogP contribution in [-0.2, 0) is 6.42 Å². The van der Waals surface area contributed by atoms with Gasteiger partial charge in [-0.05, 0) is 42.7 Å². The summed E-state index contributed by atoms with van der Waals surface area (Å²) in [6.07, 6.45) is 0.125. The van der Waals surface area contributed by atoms with Crippen molar-refractivity contribution in [1.29, 1.82) is 0 Å². The molecule has 4 heteroatoms. The number of benzene rings is 2. The topological polar surface area (TPSA) is 26.0 Å². The molecule has 0 saturated carbocycles. The normalized spacial score (nSPS) is 12.5. The predicted molar refractivity (Wildman–Crippen MR) is 75.9 cm³/mol. The van der Waals surface area contributed by atoms with Crippen LogP contribution in [0.3, 0.4) is 0 Å². The average Bonchev–Trinajstić information content (AvgIpc) is 2.33. The molecular formula is C15H14BrF2N. The van der Waals surface area contributed by atoms with Gasteiger partial charge in [-0.3, -0.25) is 0 Å². The number of rotatable bonds is 3. The minimum absolute atomic E-state index is 0.0301. The zero-order chi connectivity index (χ0) is 14.0. The number of hydrogen-bond donors (Lipinski definition) is 1. The quantitative estimate of drug-likeness (QED) is 0.895. The van der Waals surface area contributed by atoms with Gasteiger partial charge in [-0.25, -0.2) is 8.78 Å². The van der Waals surface area contributed by atoms with E-state index in [2.05, 4.69) is 15.9 Å². The fourth-order valence-electron chi connectivity index (χ4n) is 1.99. The molecule has 0 aromatic heterocycles. The molecule has 0 radical (unpaired) electrons. The minimum Gasteiger partial charge on any atom is -0.324 e. The van der Waals surface area contributed by atoms with Crippen molar-refractivity contribution in [2.45, 2.75) is 19.4 Å². The summed E-state index contributed by atoms with van der Waals surface area (Å²) in [5.41, 5.74) is 8.02. The third kappa shape index (κ3) is 3.19. The van der Waals surface area contributed by atoms with Gasteiger partial charge in [0.2, 0.25) is 0 Å². The molecule has 1 unspecified atom stereocenters. The van der Waals surface area contributed by atoms with Gasteiger partial charge in [-0.1, -0.05) is 34.1 Å². The molecule has 19 heavy (non-hydrogen) atoms. The molecule has 2 rings (SSSR count). The molecule has 0 saturated heterocycles. The van der Waals surface area contributed by atoms with E-state index >= 15 is 0 Å². The van der Waals surface area contributed by atoms with E-state index in [4.69, 9.17) is 5.73 Å². The van der Waals surface area contributed by atoms with E-state index in [1.54, 1.807) is 0 Å². The first kappa shape index (κ1) is 14.2. The number of aryl methyl sites for hydroxylation is 1. The SMILES string of the molecule is Cc1ccc(C(N)Cc2c(F)cccc2F)c(Br)c1. The summed E-state index contributed by atoms with van der Waals surface area (Å²) in [6.45, 7) is 1.97. The van der Waals surface area contributed by atoms with Crippen LogP contribution in [0.4, 0.5) is 8.78 Å². The van der Waals surface area contributed by atoms with E-state index in [1.807, 2.05) is 25.1 Å². The Bertz CT molecular complexity index is 578. The van der Waals surface area contributed by atoms with E-state index in [-0.39, 0.29) is 12.0 Å². The van der Waals surface area contributed by atoms with Gasteiger partial charge in [0.15, 0.2) is 0 Å². The number of halogens is 3. The molecule has 0 aliphatic heterocycles. The minimum atomic E-state index is -0.557. The molecule has 0 heterocycles. The summed E-state index contributed by atoms with van der Waals surface area (Å²) in [6, 6.07) is 9.13. The summed E-state index contributed by atoms with van der Waals surface area (Å²) in [5.74, 6) is -1.11. The van der Waals surface area contributed by atoms with Crippen LogP contribution in [-0.4, -0.2) is 0 Å². The second-order valence-corrected chi connectivity index (χ2v) is 5.39. The summed E-state index contributed by atoms with van der Waals surface area (Å²) in [5, 5.41) is 0. The van der Waals surface area contributed by atoms with Gasteiger partial charge in [0.1, 0.15) is 11.6 Å². The number of hydrogen-bond acceptors (Lipinski definition) is 1. The van der Waals surface area contributed by atoms with Crippen molar-refractivity contribution < 1.29 is 8.78 Å². The van der Waals surface area contributed by atoms with Crippen molar-refractivity contribution in [3.8, 4) is 0 Å². The molecule has 2 aromatic carbocycles. The lowest BCUT2D eigenvalue weighted by Crippen LogP contribution is -2.15. The lowest BCUT2D eigenvalue weighted by atomic mass is 9.98. The van der Waals surface area contributed by atoms with Crippen molar-refractivity contribution in [2.75, 3.05) is 0 Å². The molecule has 0 spiro atoms. The molecule has 2 N–H and O–H groups in total. The fourth-order valence-corrected chi connectivity index (χ4v) is 2.78. The van der Waals surface area contributed by atoms with Crippen LogP contribution in [0.5, 0.6) is 0 Å². The summed E-state index contributed by atoms with van der Waals surface area (Å²) in [4.78, 5) is 0. The first-order valence-electron chi connectivity index (χ1n) is 5.93. The van der Waals surface area contributed by atoms with Crippen LogP contribution < -0.4 is 5.73 Å². The van der Waals surface area contributed by atoms with Gasteiger partial charge < -0.3 is 5.73 Å². The third-order valence-corrected chi connectivity index (χ3v) is 3.73. The van der Waals surface area contributed by atoms with Crippen molar-refractivity contribution >= 4 is 15.9 Å². The molecule has 100 valence electrons. The lowest BCUT2D eigenvalue weighted by Gasteiger charge is -2.15. The van der Waals surface area contributed by atoms with Crippen LogP contribution in [0, 0.1) is 18.6 Å². The van der Waals surface area contributed by atoms with Gasteiger partial charge in [-0.2, -0.15) is 0 Å².